The fourth-order valence-corrected chi connectivity index (χ4v) is 6.63. The molecular weight excluding hydrogens is 836 g/mol. The van der Waals surface area contributed by atoms with Gasteiger partial charge < -0.3 is 0 Å². The van der Waals surface area contributed by atoms with Crippen molar-refractivity contribution in [2.45, 2.75) is 0 Å². The first-order chi connectivity index (χ1) is 22.5. The smallest absolute Gasteiger partial charge is 0.182 e. The molecule has 7 rings (SSSR count). The van der Waals surface area contributed by atoms with Crippen LogP contribution in [0.1, 0.15) is 0 Å². The Balaban J connectivity index is 1.30. The summed E-state index contributed by atoms with van der Waals surface area (Å²) in [6.07, 6.45) is 0. The highest BCUT2D eigenvalue weighted by molar-refractivity contribution is 9.13. The molecule has 5 aromatic carbocycles. The summed E-state index contributed by atoms with van der Waals surface area (Å²) < 4.78 is 3.64. The fourth-order valence-electron chi connectivity index (χ4n) is 4.99. The van der Waals surface area contributed by atoms with Gasteiger partial charge >= 0.3 is 0 Å². The fraction of sp³-hybridized carbons (Fsp3) is 0. The first-order valence-corrected chi connectivity index (χ1v) is 17.2. The van der Waals surface area contributed by atoms with Crippen LogP contribution in [-0.2, 0) is 0 Å². The Morgan fingerprint density at radius 2 is 0.717 bits per heavy atom. The van der Waals surface area contributed by atoms with E-state index in [0.29, 0.717) is 23.0 Å². The molecule has 0 radical (unpaired) electrons. The summed E-state index contributed by atoms with van der Waals surface area (Å²) in [6.45, 7) is 0. The highest BCUT2D eigenvalue weighted by atomic mass is 79.9. The summed E-state index contributed by atoms with van der Waals surface area (Å²) in [5.41, 5.74) is 8.15. The maximum absolute atomic E-state index is 5.03. The molecule has 7 aromatic rings. The molecule has 0 spiro atoms. The highest BCUT2D eigenvalue weighted by Crippen LogP contribution is 2.39. The van der Waals surface area contributed by atoms with Gasteiger partial charge in [-0.1, -0.05) is 109 Å². The van der Waals surface area contributed by atoms with Crippen molar-refractivity contribution in [1.29, 1.82) is 0 Å². The van der Waals surface area contributed by atoms with E-state index in [9.17, 15) is 0 Å². The average molecular weight is 856 g/mol. The summed E-state index contributed by atoms with van der Waals surface area (Å²) in [6, 6.07) is 39.7. The third kappa shape index (κ3) is 6.10. The lowest BCUT2D eigenvalue weighted by atomic mass is 10.0. The molecule has 0 saturated carbocycles. The number of aromatic nitrogens is 6. The Labute approximate surface area is 298 Å². The Bertz CT molecular complexity index is 2040. The highest BCUT2D eigenvalue weighted by Gasteiger charge is 2.20. The standard InChI is InChI=1S/C36H20Br4N6/c37-27-15-7-13-25(29(27)39)33-31(21-9-3-1-4-10-21)43-45-35(41-33)23-17-19-24(20-18-23)36-42-34(26-14-8-16-28(38)30(26)40)32(44-46-36)22-11-5-2-6-12-22/h1-20H. The summed E-state index contributed by atoms with van der Waals surface area (Å²) in [7, 11) is 0. The third-order valence-corrected chi connectivity index (χ3v) is 11.4. The van der Waals surface area contributed by atoms with Crippen LogP contribution in [0.3, 0.4) is 0 Å². The van der Waals surface area contributed by atoms with Crippen molar-refractivity contribution >= 4 is 63.7 Å². The second-order valence-electron chi connectivity index (χ2n) is 10.2. The second kappa shape index (κ2) is 13.4. The van der Waals surface area contributed by atoms with Crippen LogP contribution in [0.2, 0.25) is 0 Å². The number of rotatable bonds is 6. The van der Waals surface area contributed by atoms with Gasteiger partial charge in [0.25, 0.3) is 0 Å². The van der Waals surface area contributed by atoms with E-state index in [1.165, 1.54) is 0 Å². The predicted molar refractivity (Wildman–Crippen MR) is 197 cm³/mol. The molecule has 222 valence electrons. The second-order valence-corrected chi connectivity index (χ2v) is 13.5. The zero-order chi connectivity index (χ0) is 31.6. The molecule has 2 heterocycles. The van der Waals surface area contributed by atoms with E-state index in [1.54, 1.807) is 0 Å². The molecule has 10 heteroatoms. The van der Waals surface area contributed by atoms with Crippen molar-refractivity contribution in [3.63, 3.8) is 0 Å². The maximum atomic E-state index is 5.03. The van der Waals surface area contributed by atoms with E-state index < -0.39 is 0 Å². The van der Waals surface area contributed by atoms with Gasteiger partial charge in [-0.15, -0.1) is 20.4 Å². The molecular formula is C36H20Br4N6. The van der Waals surface area contributed by atoms with Gasteiger partial charge in [0.2, 0.25) is 0 Å². The van der Waals surface area contributed by atoms with Gasteiger partial charge in [-0.3, -0.25) is 0 Å². The summed E-state index contributed by atoms with van der Waals surface area (Å²) in [5, 5.41) is 18.4. The van der Waals surface area contributed by atoms with Gasteiger partial charge in [0.05, 0.1) is 0 Å². The lowest BCUT2D eigenvalue weighted by Crippen LogP contribution is -2.02. The summed E-state index contributed by atoms with van der Waals surface area (Å²) in [4.78, 5) is 10.1. The van der Waals surface area contributed by atoms with Crippen LogP contribution < -0.4 is 0 Å². The van der Waals surface area contributed by atoms with Gasteiger partial charge in [-0.25, -0.2) is 9.97 Å². The molecule has 0 aliphatic carbocycles. The van der Waals surface area contributed by atoms with Crippen LogP contribution >= 0.6 is 63.7 Å². The summed E-state index contributed by atoms with van der Waals surface area (Å²) >= 11 is 14.7. The van der Waals surface area contributed by atoms with E-state index in [0.717, 1.165) is 62.7 Å². The quantitative estimate of drug-likeness (QED) is 0.166. The molecule has 6 nitrogen and oxygen atoms in total. The van der Waals surface area contributed by atoms with Crippen LogP contribution in [-0.4, -0.2) is 30.4 Å². The largest absolute Gasteiger partial charge is 0.224 e. The van der Waals surface area contributed by atoms with Gasteiger partial charge in [0, 0.05) is 51.3 Å². The normalized spacial score (nSPS) is 11.0. The minimum absolute atomic E-state index is 0.505. The monoisotopic (exact) mass is 852 g/mol. The van der Waals surface area contributed by atoms with E-state index in [2.05, 4.69) is 84.1 Å². The van der Waals surface area contributed by atoms with Crippen LogP contribution in [0.5, 0.6) is 0 Å². The van der Waals surface area contributed by atoms with Crippen molar-refractivity contribution in [2.24, 2.45) is 0 Å². The summed E-state index contributed by atoms with van der Waals surface area (Å²) in [5.74, 6) is 1.01. The first kappa shape index (κ1) is 30.7. The van der Waals surface area contributed by atoms with Crippen molar-refractivity contribution in [2.75, 3.05) is 0 Å². The van der Waals surface area contributed by atoms with Gasteiger partial charge in [-0.2, -0.15) is 0 Å². The van der Waals surface area contributed by atoms with E-state index in [1.807, 2.05) is 121 Å². The molecule has 0 atom stereocenters. The number of nitrogens with zero attached hydrogens (tertiary/aromatic N) is 6. The molecule has 46 heavy (non-hydrogen) atoms. The van der Waals surface area contributed by atoms with E-state index in [4.69, 9.17) is 9.97 Å². The molecule has 0 N–H and O–H groups in total. The number of halogens is 4. The lowest BCUT2D eigenvalue weighted by Gasteiger charge is -2.13. The first-order valence-electron chi connectivity index (χ1n) is 14.1. The Kier molecular flexibility index (Phi) is 8.95. The minimum atomic E-state index is 0.505. The molecule has 0 fully saturated rings. The van der Waals surface area contributed by atoms with Crippen molar-refractivity contribution in [1.82, 2.24) is 30.4 Å². The Hall–Kier alpha value is -3.96. The van der Waals surface area contributed by atoms with Gasteiger partial charge in [0.1, 0.15) is 22.8 Å². The molecule has 0 aliphatic heterocycles. The molecule has 0 amide bonds. The SMILES string of the molecule is Brc1cccc(-c2nc(-c3ccc(-c4nnc(-c5ccccc5)c(-c5cccc(Br)c5Br)n4)cc3)nnc2-c2ccccc2)c1Br. The van der Waals surface area contributed by atoms with E-state index >= 15 is 0 Å². The van der Waals surface area contributed by atoms with Crippen molar-refractivity contribution in [3.8, 4) is 67.8 Å². The zero-order valence-corrected chi connectivity index (χ0v) is 30.1. The topological polar surface area (TPSA) is 77.3 Å². The number of benzene rings is 5. The molecule has 0 saturated heterocycles. The lowest BCUT2D eigenvalue weighted by molar-refractivity contribution is 0.987. The molecule has 0 aliphatic rings. The molecule has 0 unspecified atom stereocenters. The Morgan fingerprint density at radius 3 is 1.11 bits per heavy atom. The predicted octanol–water partition coefficient (Wildman–Crippen LogP) is 11.1. The van der Waals surface area contributed by atoms with E-state index in [-0.39, 0.29) is 0 Å². The van der Waals surface area contributed by atoms with Crippen LogP contribution in [0.25, 0.3) is 67.8 Å². The number of hydrogen-bond donors (Lipinski definition) is 0. The van der Waals surface area contributed by atoms with Gasteiger partial charge in [-0.05, 0) is 75.9 Å². The van der Waals surface area contributed by atoms with Crippen LogP contribution in [0.15, 0.2) is 139 Å². The zero-order valence-electron chi connectivity index (χ0n) is 23.7. The van der Waals surface area contributed by atoms with Gasteiger partial charge in [0.15, 0.2) is 11.6 Å². The number of hydrogen-bond acceptors (Lipinski definition) is 6. The minimum Gasteiger partial charge on any atom is -0.224 e. The molecule has 0 bridgehead atoms. The third-order valence-electron chi connectivity index (χ3n) is 7.28. The maximum Gasteiger partial charge on any atom is 0.182 e. The average Bonchev–Trinajstić information content (AvgIpc) is 3.11. The molecule has 2 aromatic heterocycles. The van der Waals surface area contributed by atoms with Crippen molar-refractivity contribution < 1.29 is 0 Å². The van der Waals surface area contributed by atoms with Crippen LogP contribution in [0.4, 0.5) is 0 Å². The van der Waals surface area contributed by atoms with Crippen molar-refractivity contribution in [3.05, 3.63) is 139 Å². The Morgan fingerprint density at radius 1 is 0.326 bits per heavy atom. The van der Waals surface area contributed by atoms with Crippen LogP contribution in [0, 0.1) is 0 Å².